The van der Waals surface area contributed by atoms with Gasteiger partial charge in [0.25, 0.3) is 0 Å². The molecule has 4 heteroatoms. The maximum atomic E-state index is 11.3. The minimum absolute atomic E-state index is 0.150. The highest BCUT2D eigenvalue weighted by Crippen LogP contribution is 2.11. The summed E-state index contributed by atoms with van der Waals surface area (Å²) < 4.78 is 5.18. The second-order valence-corrected chi connectivity index (χ2v) is 5.25. The average Bonchev–Trinajstić information content (AvgIpc) is 2.12. The molecule has 0 bridgehead atoms. The predicted molar refractivity (Wildman–Crippen MR) is 65.8 cm³/mol. The van der Waals surface area contributed by atoms with Crippen LogP contribution in [0.4, 0.5) is 0 Å². The van der Waals surface area contributed by atoms with Gasteiger partial charge in [0.05, 0.1) is 0 Å². The molecule has 0 aliphatic carbocycles. The fraction of sp³-hybridized carbons (Fsp3) is 0.846. The molecule has 17 heavy (non-hydrogen) atoms. The van der Waals surface area contributed by atoms with E-state index in [0.717, 1.165) is 32.1 Å². The molecule has 0 saturated heterocycles. The summed E-state index contributed by atoms with van der Waals surface area (Å²) in [5, 5.41) is 8.44. The number of rotatable bonds is 8. The van der Waals surface area contributed by atoms with Crippen LogP contribution in [-0.4, -0.2) is 22.6 Å². The molecule has 100 valence electrons. The number of carbonyl (C=O) groups is 2. The van der Waals surface area contributed by atoms with Crippen LogP contribution in [-0.2, 0) is 14.3 Å². The van der Waals surface area contributed by atoms with Crippen LogP contribution in [0.15, 0.2) is 0 Å². The van der Waals surface area contributed by atoms with E-state index in [1.807, 2.05) is 20.8 Å². The Morgan fingerprint density at radius 2 is 1.41 bits per heavy atom. The topological polar surface area (TPSA) is 63.6 Å². The van der Waals surface area contributed by atoms with Gasteiger partial charge < -0.3 is 9.84 Å². The lowest BCUT2D eigenvalue weighted by Gasteiger charge is -2.19. The molecule has 4 nitrogen and oxygen atoms in total. The van der Waals surface area contributed by atoms with Crippen molar-refractivity contribution in [2.45, 2.75) is 71.3 Å². The van der Waals surface area contributed by atoms with E-state index < -0.39 is 11.6 Å². The quantitative estimate of drug-likeness (QED) is 0.526. The average molecular weight is 244 g/mol. The van der Waals surface area contributed by atoms with E-state index in [9.17, 15) is 9.59 Å². The number of unbranched alkanes of at least 4 members (excludes halogenated alkanes) is 4. The van der Waals surface area contributed by atoms with Gasteiger partial charge in [0.15, 0.2) is 0 Å². The lowest BCUT2D eigenvalue weighted by atomic mass is 10.1. The Hall–Kier alpha value is -1.06. The highest BCUT2D eigenvalue weighted by molar-refractivity contribution is 5.69. The fourth-order valence-electron chi connectivity index (χ4n) is 1.47. The molecule has 0 radical (unpaired) electrons. The van der Waals surface area contributed by atoms with Crippen molar-refractivity contribution < 1.29 is 19.4 Å². The monoisotopic (exact) mass is 244 g/mol. The van der Waals surface area contributed by atoms with Gasteiger partial charge in [-0.2, -0.15) is 0 Å². The molecule has 0 heterocycles. The van der Waals surface area contributed by atoms with E-state index in [-0.39, 0.29) is 12.4 Å². The Balaban J connectivity index is 3.34. The van der Waals surface area contributed by atoms with Gasteiger partial charge in [0.1, 0.15) is 5.60 Å². The number of carboxylic acids is 1. The molecule has 0 amide bonds. The molecule has 0 unspecified atom stereocenters. The maximum absolute atomic E-state index is 11.3. The Bertz CT molecular complexity index is 240. The van der Waals surface area contributed by atoms with Gasteiger partial charge >= 0.3 is 11.9 Å². The van der Waals surface area contributed by atoms with Gasteiger partial charge in [-0.25, -0.2) is 0 Å². The third-order valence-electron chi connectivity index (χ3n) is 2.19. The summed E-state index contributed by atoms with van der Waals surface area (Å²) in [5.74, 6) is -0.887. The molecule has 0 rings (SSSR count). The summed E-state index contributed by atoms with van der Waals surface area (Å²) in [6, 6.07) is 0. The molecular formula is C13H24O4. The van der Waals surface area contributed by atoms with E-state index in [1.54, 1.807) is 0 Å². The van der Waals surface area contributed by atoms with E-state index in [1.165, 1.54) is 0 Å². The summed E-state index contributed by atoms with van der Waals surface area (Å²) in [6.45, 7) is 5.57. The number of hydrogen-bond acceptors (Lipinski definition) is 3. The number of carboxylic acid groups (broad SMARTS) is 1. The largest absolute Gasteiger partial charge is 0.481 e. The molecule has 0 aliphatic heterocycles. The second kappa shape index (κ2) is 8.09. The van der Waals surface area contributed by atoms with Crippen molar-refractivity contribution in [2.24, 2.45) is 0 Å². The summed E-state index contributed by atoms with van der Waals surface area (Å²) >= 11 is 0. The number of esters is 1. The van der Waals surface area contributed by atoms with Gasteiger partial charge in [-0.15, -0.1) is 0 Å². The minimum atomic E-state index is -0.737. The van der Waals surface area contributed by atoms with Crippen LogP contribution in [0.2, 0.25) is 0 Å². The minimum Gasteiger partial charge on any atom is -0.481 e. The highest BCUT2D eigenvalue weighted by Gasteiger charge is 2.15. The van der Waals surface area contributed by atoms with Crippen molar-refractivity contribution in [1.82, 2.24) is 0 Å². The molecule has 0 aliphatic rings. The first kappa shape index (κ1) is 15.9. The number of ether oxygens (including phenoxy) is 1. The van der Waals surface area contributed by atoms with E-state index >= 15 is 0 Å². The maximum Gasteiger partial charge on any atom is 0.306 e. The predicted octanol–water partition coefficient (Wildman–Crippen LogP) is 3.14. The molecule has 0 aromatic carbocycles. The van der Waals surface area contributed by atoms with Gasteiger partial charge in [0.2, 0.25) is 0 Å². The van der Waals surface area contributed by atoms with E-state index in [2.05, 4.69) is 0 Å². The summed E-state index contributed by atoms with van der Waals surface area (Å²) in [7, 11) is 0. The first-order valence-electron chi connectivity index (χ1n) is 6.25. The summed E-state index contributed by atoms with van der Waals surface area (Å²) in [6.07, 6.45) is 5.10. The van der Waals surface area contributed by atoms with Crippen molar-refractivity contribution >= 4 is 11.9 Å². The molecule has 0 aromatic rings. The standard InChI is InChI=1S/C13H24O4/c1-13(2,3)17-12(16)10-8-6-4-5-7-9-11(14)15/h4-10H2,1-3H3,(H,14,15). The molecule has 0 aromatic heterocycles. The van der Waals surface area contributed by atoms with Crippen LogP contribution in [0, 0.1) is 0 Å². The Morgan fingerprint density at radius 1 is 0.941 bits per heavy atom. The molecule has 1 N–H and O–H groups in total. The highest BCUT2D eigenvalue weighted by atomic mass is 16.6. The number of hydrogen-bond donors (Lipinski definition) is 1. The Morgan fingerprint density at radius 3 is 1.88 bits per heavy atom. The van der Waals surface area contributed by atoms with Crippen LogP contribution in [0.25, 0.3) is 0 Å². The number of aliphatic carboxylic acids is 1. The first-order chi connectivity index (χ1) is 7.81. The zero-order chi connectivity index (χ0) is 13.3. The van der Waals surface area contributed by atoms with Crippen molar-refractivity contribution in [2.75, 3.05) is 0 Å². The van der Waals surface area contributed by atoms with Crippen LogP contribution in [0.1, 0.15) is 65.7 Å². The third kappa shape index (κ3) is 12.9. The second-order valence-electron chi connectivity index (χ2n) is 5.25. The number of carbonyl (C=O) groups excluding carboxylic acids is 1. The van der Waals surface area contributed by atoms with Crippen molar-refractivity contribution in [3.05, 3.63) is 0 Å². The smallest absolute Gasteiger partial charge is 0.306 e. The van der Waals surface area contributed by atoms with Crippen LogP contribution < -0.4 is 0 Å². The molecular weight excluding hydrogens is 220 g/mol. The summed E-state index contributed by atoms with van der Waals surface area (Å²) in [4.78, 5) is 21.6. The van der Waals surface area contributed by atoms with E-state index in [4.69, 9.17) is 9.84 Å². The fourth-order valence-corrected chi connectivity index (χ4v) is 1.47. The van der Waals surface area contributed by atoms with Crippen LogP contribution in [0.5, 0.6) is 0 Å². The normalized spacial score (nSPS) is 11.2. The van der Waals surface area contributed by atoms with Crippen molar-refractivity contribution in [1.29, 1.82) is 0 Å². The lowest BCUT2D eigenvalue weighted by molar-refractivity contribution is -0.155. The molecule has 0 spiro atoms. The Kier molecular flexibility index (Phi) is 7.59. The lowest BCUT2D eigenvalue weighted by Crippen LogP contribution is -2.23. The Labute approximate surface area is 103 Å². The van der Waals surface area contributed by atoms with Gasteiger partial charge in [-0.3, -0.25) is 9.59 Å². The zero-order valence-electron chi connectivity index (χ0n) is 11.1. The SMILES string of the molecule is CC(C)(C)OC(=O)CCCCCCCC(=O)O. The van der Waals surface area contributed by atoms with Crippen LogP contribution >= 0.6 is 0 Å². The first-order valence-corrected chi connectivity index (χ1v) is 6.25. The van der Waals surface area contributed by atoms with Gasteiger partial charge in [0, 0.05) is 12.8 Å². The van der Waals surface area contributed by atoms with Gasteiger partial charge in [-0.1, -0.05) is 19.3 Å². The van der Waals surface area contributed by atoms with E-state index in [0.29, 0.717) is 6.42 Å². The van der Waals surface area contributed by atoms with Gasteiger partial charge in [-0.05, 0) is 33.6 Å². The molecule has 0 saturated carbocycles. The third-order valence-corrected chi connectivity index (χ3v) is 2.19. The molecule has 0 atom stereocenters. The van der Waals surface area contributed by atoms with Crippen molar-refractivity contribution in [3.8, 4) is 0 Å². The summed E-state index contributed by atoms with van der Waals surface area (Å²) in [5.41, 5.74) is -0.404. The zero-order valence-corrected chi connectivity index (χ0v) is 11.1. The molecule has 0 fully saturated rings. The van der Waals surface area contributed by atoms with Crippen LogP contribution in [0.3, 0.4) is 0 Å². The van der Waals surface area contributed by atoms with Crippen molar-refractivity contribution in [3.63, 3.8) is 0 Å².